The van der Waals surface area contributed by atoms with Crippen LogP contribution >= 0.6 is 0 Å². The van der Waals surface area contributed by atoms with E-state index in [4.69, 9.17) is 15.3 Å². The van der Waals surface area contributed by atoms with Gasteiger partial charge in [0.1, 0.15) is 5.70 Å². The third-order valence-electron chi connectivity index (χ3n) is 2.36. The van der Waals surface area contributed by atoms with Crippen molar-refractivity contribution in [2.24, 2.45) is 0 Å². The number of aliphatic carboxylic acids is 1. The number of carboxylic acid groups (broad SMARTS) is 1. The molecule has 0 amide bonds. The van der Waals surface area contributed by atoms with Crippen molar-refractivity contribution in [1.82, 2.24) is 5.32 Å². The van der Waals surface area contributed by atoms with Crippen LogP contribution in [0.3, 0.4) is 0 Å². The van der Waals surface area contributed by atoms with E-state index in [1.54, 1.807) is 0 Å². The number of hydrogen-bond donors (Lipinski definition) is 3. The summed E-state index contributed by atoms with van der Waals surface area (Å²) in [5, 5.41) is 18.6. The van der Waals surface area contributed by atoms with Crippen molar-refractivity contribution in [2.75, 3.05) is 6.61 Å². The number of benzene rings is 1. The van der Waals surface area contributed by atoms with E-state index < -0.39 is 5.97 Å². The Hall–Kier alpha value is -2.14. The number of allylic oxidation sites excluding steroid dienone is 1. The maximum absolute atomic E-state index is 10.8. The highest BCUT2D eigenvalue weighted by Gasteiger charge is 2.10. The maximum Gasteiger partial charge on any atom is 0.352 e. The smallest absolute Gasteiger partial charge is 0.352 e. The summed E-state index contributed by atoms with van der Waals surface area (Å²) < 4.78 is 5.50. The molecule has 0 radical (unpaired) electrons. The van der Waals surface area contributed by atoms with E-state index in [2.05, 4.69) is 5.32 Å². The van der Waals surface area contributed by atoms with Crippen molar-refractivity contribution in [1.29, 1.82) is 5.41 Å². The lowest BCUT2D eigenvalue weighted by Gasteiger charge is -2.15. The fourth-order valence-corrected chi connectivity index (χ4v) is 1.50. The van der Waals surface area contributed by atoms with Crippen molar-refractivity contribution in [2.45, 2.75) is 19.6 Å². The zero-order chi connectivity index (χ0) is 14.1. The lowest BCUT2D eigenvalue weighted by Crippen LogP contribution is -2.33. The Morgan fingerprint density at radius 2 is 2.16 bits per heavy atom. The lowest BCUT2D eigenvalue weighted by atomic mass is 10.2. The molecule has 5 nitrogen and oxygen atoms in total. The summed E-state index contributed by atoms with van der Waals surface area (Å²) in [6.07, 6.45) is 2.14. The van der Waals surface area contributed by atoms with Gasteiger partial charge in [-0.15, -0.1) is 0 Å². The largest absolute Gasteiger partial charge is 0.477 e. The van der Waals surface area contributed by atoms with Gasteiger partial charge in [-0.2, -0.15) is 0 Å². The standard InChI is InChI=1S/C14H18N2O3/c1-11(16-13(7-8-15)14(17)18)9-19-10-12-5-3-2-4-6-12/h2-8,11,15-16H,9-10H2,1H3,(H,17,18)/b13-7-,15-8?/t11-/m0/s1. The third kappa shape index (κ3) is 5.83. The van der Waals surface area contributed by atoms with Crippen molar-refractivity contribution in [3.63, 3.8) is 0 Å². The predicted octanol–water partition coefficient (Wildman–Crippen LogP) is 1.80. The van der Waals surface area contributed by atoms with Crippen molar-refractivity contribution in [3.05, 3.63) is 47.7 Å². The molecule has 0 aliphatic carbocycles. The quantitative estimate of drug-likeness (QED) is 0.493. The maximum atomic E-state index is 10.8. The summed E-state index contributed by atoms with van der Waals surface area (Å²) in [5.41, 5.74) is 1.06. The number of carbonyl (C=O) groups is 1. The molecule has 0 unspecified atom stereocenters. The van der Waals surface area contributed by atoms with Crippen LogP contribution in [0.4, 0.5) is 0 Å². The Balaban J connectivity index is 2.35. The van der Waals surface area contributed by atoms with Gasteiger partial charge in [-0.25, -0.2) is 4.79 Å². The van der Waals surface area contributed by atoms with E-state index >= 15 is 0 Å². The molecule has 0 saturated heterocycles. The van der Waals surface area contributed by atoms with Gasteiger partial charge in [-0.1, -0.05) is 30.3 Å². The summed E-state index contributed by atoms with van der Waals surface area (Å²) in [5.74, 6) is -1.08. The van der Waals surface area contributed by atoms with E-state index in [1.807, 2.05) is 37.3 Å². The second kappa shape index (κ2) is 8.05. The number of ether oxygens (including phenoxy) is 1. The Labute approximate surface area is 112 Å². The number of hydrogen-bond acceptors (Lipinski definition) is 4. The minimum atomic E-state index is -1.08. The second-order valence-corrected chi connectivity index (χ2v) is 4.10. The Morgan fingerprint density at radius 3 is 2.74 bits per heavy atom. The normalized spacial score (nSPS) is 12.8. The van der Waals surface area contributed by atoms with Crippen LogP contribution in [0.1, 0.15) is 12.5 Å². The molecule has 1 aromatic carbocycles. The van der Waals surface area contributed by atoms with Crippen LogP contribution < -0.4 is 5.32 Å². The first kappa shape index (κ1) is 14.9. The second-order valence-electron chi connectivity index (χ2n) is 4.10. The third-order valence-corrected chi connectivity index (χ3v) is 2.36. The number of rotatable bonds is 8. The number of nitrogens with one attached hydrogen (secondary N) is 2. The van der Waals surface area contributed by atoms with Crippen LogP contribution in [0.5, 0.6) is 0 Å². The Morgan fingerprint density at radius 1 is 1.47 bits per heavy atom. The SMILES string of the molecule is C[C@@H](COCc1ccccc1)N/C(=C\C=N)C(=O)O. The average molecular weight is 262 g/mol. The highest BCUT2D eigenvalue weighted by molar-refractivity contribution is 5.90. The fourth-order valence-electron chi connectivity index (χ4n) is 1.50. The Bertz CT molecular complexity index is 443. The van der Waals surface area contributed by atoms with Gasteiger partial charge in [0, 0.05) is 12.3 Å². The van der Waals surface area contributed by atoms with Gasteiger partial charge in [0.25, 0.3) is 0 Å². The van der Waals surface area contributed by atoms with E-state index in [0.29, 0.717) is 13.2 Å². The van der Waals surface area contributed by atoms with Gasteiger partial charge in [0.05, 0.1) is 13.2 Å². The molecule has 0 aliphatic rings. The first-order chi connectivity index (χ1) is 9.13. The molecule has 3 N–H and O–H groups in total. The fraction of sp³-hybridized carbons (Fsp3) is 0.286. The van der Waals surface area contributed by atoms with Gasteiger partial charge in [0.2, 0.25) is 0 Å². The molecular weight excluding hydrogens is 244 g/mol. The highest BCUT2D eigenvalue weighted by atomic mass is 16.5. The summed E-state index contributed by atoms with van der Waals surface area (Å²) in [6, 6.07) is 9.61. The molecule has 0 fully saturated rings. The monoisotopic (exact) mass is 262 g/mol. The zero-order valence-corrected chi connectivity index (χ0v) is 10.8. The zero-order valence-electron chi connectivity index (χ0n) is 10.8. The topological polar surface area (TPSA) is 82.4 Å². The van der Waals surface area contributed by atoms with E-state index in [9.17, 15) is 4.79 Å². The van der Waals surface area contributed by atoms with Crippen LogP contribution in [-0.4, -0.2) is 29.9 Å². The molecular formula is C14H18N2O3. The molecule has 1 aromatic rings. The van der Waals surface area contributed by atoms with Gasteiger partial charge >= 0.3 is 5.97 Å². The number of carboxylic acids is 1. The van der Waals surface area contributed by atoms with E-state index in [1.165, 1.54) is 6.08 Å². The molecule has 0 heterocycles. The lowest BCUT2D eigenvalue weighted by molar-refractivity contribution is -0.133. The first-order valence-electron chi connectivity index (χ1n) is 5.95. The van der Waals surface area contributed by atoms with Crippen molar-refractivity contribution in [3.8, 4) is 0 Å². The van der Waals surface area contributed by atoms with E-state index in [0.717, 1.165) is 11.8 Å². The van der Waals surface area contributed by atoms with Gasteiger partial charge in [-0.05, 0) is 18.6 Å². The minimum absolute atomic E-state index is 0.00851. The van der Waals surface area contributed by atoms with Crippen LogP contribution in [0.2, 0.25) is 0 Å². The first-order valence-corrected chi connectivity index (χ1v) is 5.95. The summed E-state index contributed by atoms with van der Waals surface area (Å²) in [4.78, 5) is 10.8. The molecule has 19 heavy (non-hydrogen) atoms. The van der Waals surface area contributed by atoms with Crippen LogP contribution in [0.15, 0.2) is 42.1 Å². The molecule has 1 rings (SSSR count). The summed E-state index contributed by atoms with van der Waals surface area (Å²) in [7, 11) is 0. The van der Waals surface area contributed by atoms with Gasteiger partial charge in [0.15, 0.2) is 0 Å². The molecule has 1 atom stereocenters. The molecule has 0 bridgehead atoms. The van der Waals surface area contributed by atoms with Crippen LogP contribution in [-0.2, 0) is 16.1 Å². The summed E-state index contributed by atoms with van der Waals surface area (Å²) >= 11 is 0. The van der Waals surface area contributed by atoms with Crippen molar-refractivity contribution < 1.29 is 14.6 Å². The molecule has 5 heteroatoms. The minimum Gasteiger partial charge on any atom is -0.477 e. The van der Waals surface area contributed by atoms with Crippen LogP contribution in [0.25, 0.3) is 0 Å². The molecule has 0 saturated carbocycles. The highest BCUT2D eigenvalue weighted by Crippen LogP contribution is 2.01. The predicted molar refractivity (Wildman–Crippen MR) is 73.2 cm³/mol. The molecule has 102 valence electrons. The molecule has 0 spiro atoms. The van der Waals surface area contributed by atoms with Crippen molar-refractivity contribution >= 4 is 12.2 Å². The average Bonchev–Trinajstić information content (AvgIpc) is 2.39. The van der Waals surface area contributed by atoms with Gasteiger partial charge in [-0.3, -0.25) is 0 Å². The van der Waals surface area contributed by atoms with Crippen LogP contribution in [0, 0.1) is 5.41 Å². The summed E-state index contributed by atoms with van der Waals surface area (Å²) in [6.45, 7) is 2.70. The molecule has 0 aliphatic heterocycles. The van der Waals surface area contributed by atoms with E-state index in [-0.39, 0.29) is 11.7 Å². The molecule has 0 aromatic heterocycles. The van der Waals surface area contributed by atoms with Gasteiger partial charge < -0.3 is 20.6 Å². The Kier molecular flexibility index (Phi) is 6.32.